The van der Waals surface area contributed by atoms with Crippen molar-refractivity contribution in [3.63, 3.8) is 0 Å². The number of thiazole rings is 1. The Kier molecular flexibility index (Phi) is 7.55. The van der Waals surface area contributed by atoms with Gasteiger partial charge in [0.1, 0.15) is 0 Å². The molecule has 6 heteroatoms. The standard InChI is InChI=1S/C17H26N4S2/c1-4-14-12-20-16(23-14)7-8-19-17(18-3)21-11-13(2)10-15-6-5-9-22-15/h5-6,9,12-13H,4,7-8,10-11H2,1-3H3,(H2,18,19,21). The molecule has 0 radical (unpaired) electrons. The number of aromatic nitrogens is 1. The summed E-state index contributed by atoms with van der Waals surface area (Å²) in [5, 5.41) is 10.1. The van der Waals surface area contributed by atoms with Crippen LogP contribution >= 0.6 is 22.7 Å². The fourth-order valence-corrected chi connectivity index (χ4v) is 3.98. The van der Waals surface area contributed by atoms with Crippen molar-refractivity contribution in [2.75, 3.05) is 20.1 Å². The summed E-state index contributed by atoms with van der Waals surface area (Å²) >= 11 is 3.63. The van der Waals surface area contributed by atoms with Crippen LogP contribution in [0.25, 0.3) is 0 Å². The molecule has 0 saturated carbocycles. The molecule has 2 rings (SSSR count). The lowest BCUT2D eigenvalue weighted by atomic mass is 10.1. The maximum Gasteiger partial charge on any atom is 0.190 e. The minimum atomic E-state index is 0.582. The van der Waals surface area contributed by atoms with E-state index in [1.54, 1.807) is 11.3 Å². The number of nitrogens with zero attached hydrogens (tertiary/aromatic N) is 2. The van der Waals surface area contributed by atoms with E-state index in [0.29, 0.717) is 5.92 Å². The highest BCUT2D eigenvalue weighted by molar-refractivity contribution is 7.11. The molecule has 0 aliphatic carbocycles. The second-order valence-electron chi connectivity index (χ2n) is 5.59. The first-order chi connectivity index (χ1) is 11.2. The van der Waals surface area contributed by atoms with Gasteiger partial charge >= 0.3 is 0 Å². The molecule has 0 spiro atoms. The van der Waals surface area contributed by atoms with Crippen molar-refractivity contribution in [3.8, 4) is 0 Å². The highest BCUT2D eigenvalue weighted by atomic mass is 32.1. The number of aliphatic imine (C=N–C) groups is 1. The quantitative estimate of drug-likeness (QED) is 0.567. The van der Waals surface area contributed by atoms with Crippen LogP contribution in [-0.2, 0) is 19.3 Å². The molecular weight excluding hydrogens is 324 g/mol. The van der Waals surface area contributed by atoms with Gasteiger partial charge in [0.25, 0.3) is 0 Å². The summed E-state index contributed by atoms with van der Waals surface area (Å²) in [6.07, 6.45) is 5.10. The monoisotopic (exact) mass is 350 g/mol. The first-order valence-electron chi connectivity index (χ1n) is 8.11. The van der Waals surface area contributed by atoms with Gasteiger partial charge in [0.05, 0.1) is 5.01 Å². The third-order valence-corrected chi connectivity index (χ3v) is 5.65. The summed E-state index contributed by atoms with van der Waals surface area (Å²) in [4.78, 5) is 11.5. The van der Waals surface area contributed by atoms with E-state index >= 15 is 0 Å². The molecular formula is C17H26N4S2. The van der Waals surface area contributed by atoms with Crippen molar-refractivity contribution in [1.82, 2.24) is 15.6 Å². The number of rotatable bonds is 8. The number of hydrogen-bond donors (Lipinski definition) is 2. The fourth-order valence-electron chi connectivity index (χ4n) is 2.25. The van der Waals surface area contributed by atoms with E-state index in [9.17, 15) is 0 Å². The van der Waals surface area contributed by atoms with E-state index in [0.717, 1.165) is 38.3 Å². The smallest absolute Gasteiger partial charge is 0.190 e. The van der Waals surface area contributed by atoms with E-state index in [1.165, 1.54) is 14.8 Å². The van der Waals surface area contributed by atoms with Crippen molar-refractivity contribution < 1.29 is 0 Å². The molecule has 0 fully saturated rings. The second-order valence-corrected chi connectivity index (χ2v) is 7.82. The summed E-state index contributed by atoms with van der Waals surface area (Å²) in [5.41, 5.74) is 0. The zero-order valence-corrected chi connectivity index (χ0v) is 15.8. The maximum atomic E-state index is 4.45. The fraction of sp³-hybridized carbons (Fsp3) is 0.529. The molecule has 2 heterocycles. The Morgan fingerprint density at radius 1 is 1.35 bits per heavy atom. The Labute approximate surface area is 147 Å². The van der Waals surface area contributed by atoms with Crippen LogP contribution in [0.1, 0.15) is 28.6 Å². The number of hydrogen-bond acceptors (Lipinski definition) is 4. The Hall–Kier alpha value is -1.40. The van der Waals surface area contributed by atoms with Crippen molar-refractivity contribution in [2.45, 2.75) is 33.1 Å². The van der Waals surface area contributed by atoms with Crippen molar-refractivity contribution >= 4 is 28.6 Å². The van der Waals surface area contributed by atoms with E-state index < -0.39 is 0 Å². The van der Waals surface area contributed by atoms with Crippen LogP contribution in [0.15, 0.2) is 28.7 Å². The zero-order chi connectivity index (χ0) is 16.5. The minimum Gasteiger partial charge on any atom is -0.356 e. The molecule has 2 aromatic heterocycles. The molecule has 0 aliphatic heterocycles. The molecule has 23 heavy (non-hydrogen) atoms. The van der Waals surface area contributed by atoms with Crippen LogP contribution in [-0.4, -0.2) is 31.1 Å². The summed E-state index contributed by atoms with van der Waals surface area (Å²) < 4.78 is 0. The molecule has 0 bridgehead atoms. The Morgan fingerprint density at radius 3 is 2.87 bits per heavy atom. The first-order valence-corrected chi connectivity index (χ1v) is 9.81. The summed E-state index contributed by atoms with van der Waals surface area (Å²) in [6.45, 7) is 6.21. The van der Waals surface area contributed by atoms with Gasteiger partial charge in [0.15, 0.2) is 5.96 Å². The largest absolute Gasteiger partial charge is 0.356 e. The minimum absolute atomic E-state index is 0.582. The van der Waals surface area contributed by atoms with E-state index in [4.69, 9.17) is 0 Å². The van der Waals surface area contributed by atoms with Gasteiger partial charge in [-0.3, -0.25) is 4.99 Å². The molecule has 1 atom stereocenters. The summed E-state index contributed by atoms with van der Waals surface area (Å²) in [5.74, 6) is 1.45. The van der Waals surface area contributed by atoms with E-state index in [2.05, 4.69) is 52.0 Å². The van der Waals surface area contributed by atoms with Crippen LogP contribution in [0.4, 0.5) is 0 Å². The molecule has 0 saturated heterocycles. The molecule has 1 unspecified atom stereocenters. The van der Waals surface area contributed by atoms with E-state index in [-0.39, 0.29) is 0 Å². The van der Waals surface area contributed by atoms with Crippen LogP contribution in [0.5, 0.6) is 0 Å². The topological polar surface area (TPSA) is 49.3 Å². The third kappa shape index (κ3) is 6.31. The van der Waals surface area contributed by atoms with Gasteiger partial charge in [-0.25, -0.2) is 4.98 Å². The average molecular weight is 351 g/mol. The van der Waals surface area contributed by atoms with Gasteiger partial charge in [-0.05, 0) is 30.2 Å². The first kappa shape index (κ1) is 17.9. The Morgan fingerprint density at radius 2 is 2.22 bits per heavy atom. The van der Waals surface area contributed by atoms with Crippen molar-refractivity contribution in [2.24, 2.45) is 10.9 Å². The summed E-state index contributed by atoms with van der Waals surface area (Å²) in [7, 11) is 1.82. The van der Waals surface area contributed by atoms with E-state index in [1.807, 2.05) is 24.6 Å². The van der Waals surface area contributed by atoms with Gasteiger partial charge in [0.2, 0.25) is 0 Å². The lowest BCUT2D eigenvalue weighted by Gasteiger charge is -2.15. The molecule has 2 N–H and O–H groups in total. The molecule has 0 amide bonds. The molecule has 126 valence electrons. The molecule has 2 aromatic rings. The lowest BCUT2D eigenvalue weighted by molar-refractivity contribution is 0.562. The predicted molar refractivity (Wildman–Crippen MR) is 102 cm³/mol. The molecule has 0 aromatic carbocycles. The SMILES string of the molecule is CCc1cnc(CCNC(=NC)NCC(C)Cc2cccs2)s1. The zero-order valence-electron chi connectivity index (χ0n) is 14.1. The van der Waals surface area contributed by atoms with Crippen LogP contribution in [0.2, 0.25) is 0 Å². The Bertz CT molecular complexity index is 590. The molecule has 0 aliphatic rings. The van der Waals surface area contributed by atoms with Gasteiger partial charge in [-0.2, -0.15) is 0 Å². The summed E-state index contributed by atoms with van der Waals surface area (Å²) in [6, 6.07) is 4.32. The Balaban J connectivity index is 1.66. The average Bonchev–Trinajstić information content (AvgIpc) is 3.22. The van der Waals surface area contributed by atoms with Gasteiger partial charge in [0, 0.05) is 42.5 Å². The van der Waals surface area contributed by atoms with Crippen molar-refractivity contribution in [3.05, 3.63) is 38.5 Å². The highest BCUT2D eigenvalue weighted by Crippen LogP contribution is 2.14. The second kappa shape index (κ2) is 9.67. The van der Waals surface area contributed by atoms with Crippen LogP contribution < -0.4 is 10.6 Å². The van der Waals surface area contributed by atoms with Crippen LogP contribution in [0.3, 0.4) is 0 Å². The third-order valence-electron chi connectivity index (χ3n) is 3.55. The number of nitrogens with one attached hydrogen (secondary N) is 2. The maximum absolute atomic E-state index is 4.45. The van der Waals surface area contributed by atoms with Gasteiger partial charge in [-0.15, -0.1) is 22.7 Å². The van der Waals surface area contributed by atoms with Gasteiger partial charge < -0.3 is 10.6 Å². The van der Waals surface area contributed by atoms with Gasteiger partial charge in [-0.1, -0.05) is 19.9 Å². The highest BCUT2D eigenvalue weighted by Gasteiger charge is 2.06. The normalized spacial score (nSPS) is 13.1. The molecule has 4 nitrogen and oxygen atoms in total. The lowest BCUT2D eigenvalue weighted by Crippen LogP contribution is -2.40. The predicted octanol–water partition coefficient (Wildman–Crippen LogP) is 3.35. The number of guanidine groups is 1. The number of thiophene rings is 1. The number of aryl methyl sites for hydroxylation is 1. The van der Waals surface area contributed by atoms with Crippen LogP contribution in [0, 0.1) is 5.92 Å². The van der Waals surface area contributed by atoms with Crippen molar-refractivity contribution in [1.29, 1.82) is 0 Å².